The molecule has 2 aromatic rings. The monoisotopic (exact) mass is 206 g/mol. The number of nitrogens with zero attached hydrogens (tertiary/aromatic N) is 2. The van der Waals surface area contributed by atoms with Crippen molar-refractivity contribution >= 4 is 11.3 Å². The van der Waals surface area contributed by atoms with Crippen molar-refractivity contribution in [3.8, 4) is 10.6 Å². The molecule has 0 aliphatic carbocycles. The Hall–Kier alpha value is -1.09. The second-order valence-corrected chi connectivity index (χ2v) is 4.66. The largest absolute Gasteiger partial charge is 0.269 e. The predicted molar refractivity (Wildman–Crippen MR) is 60.7 cm³/mol. The Morgan fingerprint density at radius 1 is 1.43 bits per heavy atom. The van der Waals surface area contributed by atoms with Gasteiger partial charge in [0.15, 0.2) is 0 Å². The Morgan fingerprint density at radius 2 is 2.21 bits per heavy atom. The molecule has 2 aromatic heterocycles. The van der Waals surface area contributed by atoms with Crippen molar-refractivity contribution < 1.29 is 0 Å². The summed E-state index contributed by atoms with van der Waals surface area (Å²) in [6.07, 6.45) is 2.11. The molecule has 0 fully saturated rings. The van der Waals surface area contributed by atoms with Gasteiger partial charge in [-0.25, -0.2) is 0 Å². The lowest BCUT2D eigenvalue weighted by Gasteiger charge is -2.02. The van der Waals surface area contributed by atoms with Gasteiger partial charge in [0.05, 0.1) is 4.88 Å². The summed E-state index contributed by atoms with van der Waals surface area (Å²) < 4.78 is 2.02. The summed E-state index contributed by atoms with van der Waals surface area (Å²) in [5.74, 6) is 0. The van der Waals surface area contributed by atoms with Crippen LogP contribution in [0, 0.1) is 6.92 Å². The van der Waals surface area contributed by atoms with Crippen LogP contribution in [0.2, 0.25) is 0 Å². The van der Waals surface area contributed by atoms with E-state index in [1.165, 1.54) is 10.4 Å². The lowest BCUT2D eigenvalue weighted by molar-refractivity contribution is 0.534. The van der Waals surface area contributed by atoms with Gasteiger partial charge >= 0.3 is 0 Å². The normalized spacial score (nSPS) is 11.1. The molecule has 0 spiro atoms. The summed E-state index contributed by atoms with van der Waals surface area (Å²) in [7, 11) is 0. The van der Waals surface area contributed by atoms with Crippen molar-refractivity contribution in [3.05, 3.63) is 29.3 Å². The first-order valence-electron chi connectivity index (χ1n) is 4.78. The molecule has 0 radical (unpaired) electrons. The van der Waals surface area contributed by atoms with Gasteiger partial charge in [-0.05, 0) is 37.8 Å². The van der Waals surface area contributed by atoms with Crippen molar-refractivity contribution in [3.63, 3.8) is 0 Å². The quantitative estimate of drug-likeness (QED) is 0.735. The third kappa shape index (κ3) is 1.60. The minimum absolute atomic E-state index is 0.433. The zero-order chi connectivity index (χ0) is 10.1. The lowest BCUT2D eigenvalue weighted by atomic mass is 10.2. The molecular formula is C11H14N2S. The van der Waals surface area contributed by atoms with Crippen molar-refractivity contribution in [2.45, 2.75) is 26.8 Å². The summed E-state index contributed by atoms with van der Waals surface area (Å²) in [5.41, 5.74) is 2.37. The molecule has 0 N–H and O–H groups in total. The highest BCUT2D eigenvalue weighted by atomic mass is 32.1. The Morgan fingerprint density at radius 3 is 2.71 bits per heavy atom. The van der Waals surface area contributed by atoms with Crippen LogP contribution in [0.5, 0.6) is 0 Å². The Kier molecular flexibility index (Phi) is 2.42. The third-order valence-electron chi connectivity index (χ3n) is 2.20. The van der Waals surface area contributed by atoms with Crippen molar-refractivity contribution in [1.29, 1.82) is 0 Å². The van der Waals surface area contributed by atoms with Gasteiger partial charge in [0, 0.05) is 12.2 Å². The van der Waals surface area contributed by atoms with Gasteiger partial charge in [-0.15, -0.1) is 11.3 Å². The maximum Gasteiger partial charge on any atom is 0.105 e. The van der Waals surface area contributed by atoms with Gasteiger partial charge in [0.2, 0.25) is 0 Å². The summed E-state index contributed by atoms with van der Waals surface area (Å²) in [5, 5.41) is 6.67. The molecule has 14 heavy (non-hydrogen) atoms. The Balaban J connectivity index is 2.45. The van der Waals surface area contributed by atoms with E-state index in [1.54, 1.807) is 11.3 Å². The first-order valence-corrected chi connectivity index (χ1v) is 5.66. The molecule has 0 atom stereocenters. The average Bonchev–Trinajstić information content (AvgIpc) is 2.71. The van der Waals surface area contributed by atoms with E-state index in [0.717, 1.165) is 5.69 Å². The van der Waals surface area contributed by atoms with Crippen molar-refractivity contribution in [1.82, 2.24) is 9.78 Å². The number of rotatable bonds is 2. The van der Waals surface area contributed by atoms with Crippen LogP contribution in [0.15, 0.2) is 23.7 Å². The molecule has 0 unspecified atom stereocenters. The fraction of sp³-hybridized carbons (Fsp3) is 0.364. The zero-order valence-electron chi connectivity index (χ0n) is 8.69. The highest BCUT2D eigenvalue weighted by Gasteiger charge is 2.09. The van der Waals surface area contributed by atoms with Crippen LogP contribution in [0.3, 0.4) is 0 Å². The lowest BCUT2D eigenvalue weighted by Crippen LogP contribution is -2.00. The number of aromatic nitrogens is 2. The number of aryl methyl sites for hydroxylation is 1. The second-order valence-electron chi connectivity index (χ2n) is 3.71. The molecule has 2 rings (SSSR count). The molecule has 0 bridgehead atoms. The molecule has 2 nitrogen and oxygen atoms in total. The minimum atomic E-state index is 0.433. The fourth-order valence-corrected chi connectivity index (χ4v) is 2.18. The summed E-state index contributed by atoms with van der Waals surface area (Å²) in [6, 6.07) is 4.61. The van der Waals surface area contributed by atoms with Gasteiger partial charge in [-0.3, -0.25) is 4.68 Å². The summed E-state index contributed by atoms with van der Waals surface area (Å²) in [6.45, 7) is 6.40. The number of thiophene rings is 1. The molecule has 0 saturated carbocycles. The van der Waals surface area contributed by atoms with E-state index in [1.807, 2.05) is 4.68 Å². The second kappa shape index (κ2) is 3.58. The van der Waals surface area contributed by atoms with Crippen LogP contribution < -0.4 is 0 Å². The van der Waals surface area contributed by atoms with Gasteiger partial charge in [0.1, 0.15) is 5.69 Å². The highest BCUT2D eigenvalue weighted by Crippen LogP contribution is 2.26. The van der Waals surface area contributed by atoms with Crippen LogP contribution in [0.4, 0.5) is 0 Å². The average molecular weight is 206 g/mol. The Bertz CT molecular complexity index is 412. The van der Waals surface area contributed by atoms with Crippen LogP contribution in [-0.2, 0) is 0 Å². The Labute approximate surface area is 88.2 Å². The third-order valence-corrected chi connectivity index (χ3v) is 3.08. The molecule has 3 heteroatoms. The van der Waals surface area contributed by atoms with Gasteiger partial charge in [-0.2, -0.15) is 5.10 Å². The molecule has 74 valence electrons. The van der Waals surface area contributed by atoms with Crippen LogP contribution in [0.25, 0.3) is 10.6 Å². The first kappa shape index (κ1) is 9.46. The molecule has 0 saturated heterocycles. The maximum atomic E-state index is 4.58. The topological polar surface area (TPSA) is 17.8 Å². The number of hydrogen-bond donors (Lipinski definition) is 0. The maximum absolute atomic E-state index is 4.58. The zero-order valence-corrected chi connectivity index (χ0v) is 9.51. The van der Waals surface area contributed by atoms with Gasteiger partial charge in [-0.1, -0.05) is 6.07 Å². The van der Waals surface area contributed by atoms with Crippen molar-refractivity contribution in [2.24, 2.45) is 0 Å². The molecular weight excluding hydrogens is 192 g/mol. The van der Waals surface area contributed by atoms with Gasteiger partial charge < -0.3 is 0 Å². The molecule has 0 aromatic carbocycles. The SMILES string of the molecule is Cc1cn(C(C)C)nc1-c1cccs1. The number of hydrogen-bond acceptors (Lipinski definition) is 2. The standard InChI is InChI=1S/C11H14N2S/c1-8(2)13-7-9(3)11(12-13)10-5-4-6-14-10/h4-8H,1-3H3. The van der Waals surface area contributed by atoms with E-state index in [2.05, 4.69) is 49.6 Å². The fourth-order valence-electron chi connectivity index (χ4n) is 1.40. The minimum Gasteiger partial charge on any atom is -0.269 e. The van der Waals surface area contributed by atoms with E-state index < -0.39 is 0 Å². The molecule has 0 aliphatic rings. The van der Waals surface area contributed by atoms with Crippen molar-refractivity contribution in [2.75, 3.05) is 0 Å². The van der Waals surface area contributed by atoms with E-state index in [9.17, 15) is 0 Å². The van der Waals surface area contributed by atoms with E-state index in [-0.39, 0.29) is 0 Å². The smallest absolute Gasteiger partial charge is 0.105 e. The van der Waals surface area contributed by atoms with E-state index >= 15 is 0 Å². The van der Waals surface area contributed by atoms with Crippen LogP contribution in [-0.4, -0.2) is 9.78 Å². The first-order chi connectivity index (χ1) is 6.68. The van der Waals surface area contributed by atoms with E-state index in [0.29, 0.717) is 6.04 Å². The van der Waals surface area contributed by atoms with Crippen LogP contribution in [0.1, 0.15) is 25.5 Å². The van der Waals surface area contributed by atoms with Crippen LogP contribution >= 0.6 is 11.3 Å². The van der Waals surface area contributed by atoms with E-state index in [4.69, 9.17) is 0 Å². The summed E-state index contributed by atoms with van der Waals surface area (Å²) >= 11 is 1.74. The van der Waals surface area contributed by atoms with Gasteiger partial charge in [0.25, 0.3) is 0 Å². The molecule has 0 aliphatic heterocycles. The molecule has 0 amide bonds. The predicted octanol–water partition coefficient (Wildman–Crippen LogP) is 3.50. The highest BCUT2D eigenvalue weighted by molar-refractivity contribution is 7.13. The summed E-state index contributed by atoms with van der Waals surface area (Å²) in [4.78, 5) is 1.25. The molecule has 2 heterocycles.